The van der Waals surface area contributed by atoms with Crippen molar-refractivity contribution in [1.29, 1.82) is 0 Å². The molecule has 3 amide bonds. The van der Waals surface area contributed by atoms with Crippen LogP contribution in [0.3, 0.4) is 0 Å². The van der Waals surface area contributed by atoms with Crippen LogP contribution in [0.15, 0.2) is 36.9 Å². The molecule has 0 aliphatic heterocycles. The number of aliphatic hydroxyl groups is 1. The van der Waals surface area contributed by atoms with E-state index in [9.17, 15) is 24.3 Å². The molecule has 0 aromatic heterocycles. The van der Waals surface area contributed by atoms with Gasteiger partial charge in [-0.15, -0.1) is 0 Å². The molecule has 7 N–H and O–H groups in total. The van der Waals surface area contributed by atoms with Gasteiger partial charge in [0.25, 0.3) is 0 Å². The van der Waals surface area contributed by atoms with Crippen LogP contribution in [0.2, 0.25) is 0 Å². The minimum atomic E-state index is -1.01. The number of hydrogen-bond donors (Lipinski definition) is 7. The number of amides is 3. The fourth-order valence-electron chi connectivity index (χ4n) is 5.59. The smallest absolute Gasteiger partial charge is 0.326 e. The van der Waals surface area contributed by atoms with Crippen molar-refractivity contribution in [3.05, 3.63) is 36.9 Å². The van der Waals surface area contributed by atoms with Crippen LogP contribution in [0.1, 0.15) is 135 Å². The Labute approximate surface area is 337 Å². The van der Waals surface area contributed by atoms with Crippen molar-refractivity contribution in [2.75, 3.05) is 65.8 Å². The zero-order chi connectivity index (χ0) is 41.5. The van der Waals surface area contributed by atoms with E-state index in [-0.39, 0.29) is 75.9 Å². The number of ether oxygens (including phenoxy) is 3. The van der Waals surface area contributed by atoms with Crippen molar-refractivity contribution in [2.24, 2.45) is 0 Å². The number of carboxylic acid groups (broad SMARTS) is 1. The number of aliphatic carboxylic acids is 1. The third-order valence-corrected chi connectivity index (χ3v) is 8.97. The Kier molecular flexibility index (Phi) is 35.8. The van der Waals surface area contributed by atoms with E-state index in [1.54, 1.807) is 0 Å². The summed E-state index contributed by atoms with van der Waals surface area (Å²) in [5.74, 6) is -1.33. The largest absolute Gasteiger partial charge is 0.513 e. The summed E-state index contributed by atoms with van der Waals surface area (Å²) in [6, 6.07) is -0.871. The number of rotatable bonds is 42. The average molecular weight is 796 g/mol. The molecule has 0 aromatic rings. The van der Waals surface area contributed by atoms with Crippen LogP contribution < -0.4 is 26.6 Å². The summed E-state index contributed by atoms with van der Waals surface area (Å²) in [6.07, 6.45) is 19.1. The van der Waals surface area contributed by atoms with Gasteiger partial charge in [-0.2, -0.15) is 0 Å². The summed E-state index contributed by atoms with van der Waals surface area (Å²) < 4.78 is 16.2. The maximum atomic E-state index is 12.2. The van der Waals surface area contributed by atoms with Crippen molar-refractivity contribution in [1.82, 2.24) is 26.6 Å². The molecule has 0 heterocycles. The minimum Gasteiger partial charge on any atom is -0.513 e. The van der Waals surface area contributed by atoms with Crippen LogP contribution in [0.4, 0.5) is 0 Å². The molecule has 0 spiro atoms. The van der Waals surface area contributed by atoms with Gasteiger partial charge in [-0.1, -0.05) is 90.9 Å². The maximum Gasteiger partial charge on any atom is 0.326 e. The predicted octanol–water partition coefficient (Wildman–Crippen LogP) is 5.94. The van der Waals surface area contributed by atoms with Crippen molar-refractivity contribution >= 4 is 23.7 Å². The van der Waals surface area contributed by atoms with Crippen molar-refractivity contribution in [3.8, 4) is 0 Å². The van der Waals surface area contributed by atoms with Gasteiger partial charge >= 0.3 is 5.97 Å². The van der Waals surface area contributed by atoms with Gasteiger partial charge in [-0.25, -0.2) is 4.79 Å². The lowest BCUT2D eigenvalue weighted by atomic mass is 10.0. The van der Waals surface area contributed by atoms with E-state index in [2.05, 4.69) is 46.3 Å². The molecule has 0 unspecified atom stereocenters. The van der Waals surface area contributed by atoms with E-state index in [1.165, 1.54) is 44.9 Å². The lowest BCUT2D eigenvalue weighted by Gasteiger charge is -2.17. The molecular weight excluding hydrogens is 718 g/mol. The number of allylic oxidation sites excluding steroid dienone is 3. The maximum absolute atomic E-state index is 12.2. The molecule has 0 aliphatic rings. The van der Waals surface area contributed by atoms with E-state index in [4.69, 9.17) is 19.3 Å². The number of aliphatic hydroxyl groups excluding tert-OH is 1. The first kappa shape index (κ1) is 52.4. The van der Waals surface area contributed by atoms with Gasteiger partial charge in [0.05, 0.1) is 25.6 Å². The molecule has 324 valence electrons. The Morgan fingerprint density at radius 3 is 1.59 bits per heavy atom. The Hall–Kier alpha value is -3.62. The second-order valence-electron chi connectivity index (χ2n) is 14.2. The first-order valence-corrected chi connectivity index (χ1v) is 21.0. The van der Waals surface area contributed by atoms with Crippen molar-refractivity contribution < 1.29 is 43.6 Å². The molecular formula is C42H77N5O9. The molecule has 0 bridgehead atoms. The monoisotopic (exact) mass is 796 g/mol. The lowest BCUT2D eigenvalue weighted by Crippen LogP contribution is -2.37. The summed E-state index contributed by atoms with van der Waals surface area (Å²) >= 11 is 0. The highest BCUT2D eigenvalue weighted by molar-refractivity contribution is 5.78. The first-order valence-electron chi connectivity index (χ1n) is 21.0. The SMILES string of the molecule is C=C(O)CCCCCCCCCCCCCCC(=C)N[C@@H](CCC(=O)NCCOCCOCC(=O)NCCCCCOCC(=O)NCCNC(=C)CC)C(=O)O. The number of unbranched alkanes of at least 4 members (excludes halogenated alkanes) is 13. The normalized spacial score (nSPS) is 11.4. The topological polar surface area (TPSA) is 197 Å². The predicted molar refractivity (Wildman–Crippen MR) is 222 cm³/mol. The molecule has 0 saturated heterocycles. The minimum absolute atomic E-state index is 0.0288. The van der Waals surface area contributed by atoms with Crippen molar-refractivity contribution in [2.45, 2.75) is 141 Å². The molecule has 0 aromatic carbocycles. The molecule has 0 saturated carbocycles. The van der Waals surface area contributed by atoms with Gasteiger partial charge in [0.2, 0.25) is 17.7 Å². The summed E-state index contributed by atoms with van der Waals surface area (Å²) in [7, 11) is 0. The quantitative estimate of drug-likeness (QED) is 0.0286. The highest BCUT2D eigenvalue weighted by atomic mass is 16.5. The number of nitrogens with one attached hydrogen (secondary N) is 5. The Balaban J connectivity index is 3.66. The van der Waals surface area contributed by atoms with E-state index >= 15 is 0 Å². The van der Waals surface area contributed by atoms with Gasteiger partial charge in [0, 0.05) is 57.0 Å². The molecule has 1 atom stereocenters. The first-order chi connectivity index (χ1) is 27.0. The Morgan fingerprint density at radius 1 is 0.500 bits per heavy atom. The second kappa shape index (κ2) is 38.3. The molecule has 0 aliphatic carbocycles. The van der Waals surface area contributed by atoms with Crippen LogP contribution in [0.5, 0.6) is 0 Å². The number of carbonyl (C=O) groups is 4. The molecule has 0 rings (SSSR count). The fraction of sp³-hybridized carbons (Fsp3) is 0.762. The molecule has 56 heavy (non-hydrogen) atoms. The van der Waals surface area contributed by atoms with Crippen LogP contribution in [0.25, 0.3) is 0 Å². The van der Waals surface area contributed by atoms with Crippen LogP contribution in [0, 0.1) is 0 Å². The van der Waals surface area contributed by atoms with Gasteiger partial charge < -0.3 is 51.0 Å². The van der Waals surface area contributed by atoms with E-state index in [0.717, 1.165) is 69.9 Å². The lowest BCUT2D eigenvalue weighted by molar-refractivity contribution is -0.139. The third-order valence-electron chi connectivity index (χ3n) is 8.97. The molecule has 14 nitrogen and oxygen atoms in total. The van der Waals surface area contributed by atoms with Crippen LogP contribution in [-0.2, 0) is 33.4 Å². The number of hydrogen-bond acceptors (Lipinski definition) is 10. The summed E-state index contributed by atoms with van der Waals surface area (Å²) in [4.78, 5) is 47.7. The van der Waals surface area contributed by atoms with Gasteiger partial charge in [0.15, 0.2) is 0 Å². The average Bonchev–Trinajstić information content (AvgIpc) is 3.16. The summed E-state index contributed by atoms with van der Waals surface area (Å²) in [6.45, 7) is 16.5. The van der Waals surface area contributed by atoms with E-state index < -0.39 is 12.0 Å². The van der Waals surface area contributed by atoms with E-state index in [0.29, 0.717) is 38.4 Å². The highest BCUT2D eigenvalue weighted by Crippen LogP contribution is 2.15. The highest BCUT2D eigenvalue weighted by Gasteiger charge is 2.19. The molecule has 0 fully saturated rings. The third kappa shape index (κ3) is 37.3. The Morgan fingerprint density at radius 2 is 1.00 bits per heavy atom. The second-order valence-corrected chi connectivity index (χ2v) is 14.2. The van der Waals surface area contributed by atoms with Gasteiger partial charge in [0.1, 0.15) is 19.3 Å². The summed E-state index contributed by atoms with van der Waals surface area (Å²) in [5, 5.41) is 33.1. The van der Waals surface area contributed by atoms with E-state index in [1.807, 2.05) is 6.92 Å². The van der Waals surface area contributed by atoms with Crippen LogP contribution >= 0.6 is 0 Å². The number of carbonyl (C=O) groups excluding carboxylic acids is 3. The fourth-order valence-corrected chi connectivity index (χ4v) is 5.59. The van der Waals surface area contributed by atoms with Crippen molar-refractivity contribution in [3.63, 3.8) is 0 Å². The van der Waals surface area contributed by atoms with Gasteiger partial charge in [-0.3, -0.25) is 14.4 Å². The molecule has 14 heteroatoms. The van der Waals surface area contributed by atoms with Gasteiger partial charge in [-0.05, 0) is 51.4 Å². The standard InChI is InChI=1S/C42H77N5O9/c1-5-35(2)43-26-27-45-41(51)33-55-29-20-16-19-25-44-40(50)34-56-32-31-54-30-28-46-39(49)24-23-38(42(52)53)47-36(3)21-17-14-12-10-8-6-7-9-11-13-15-18-22-37(4)48/h38,43,47-48H,2-34H2,1H3,(H,44,50)(H,45,51)(H,46,49)(H,52,53)/t38-/m0/s1. The molecule has 0 radical (unpaired) electrons. The summed E-state index contributed by atoms with van der Waals surface area (Å²) in [5.41, 5.74) is 1.63. The zero-order valence-corrected chi connectivity index (χ0v) is 34.7. The van der Waals surface area contributed by atoms with Crippen LogP contribution in [-0.4, -0.2) is 106 Å². The Bertz CT molecular complexity index is 1090. The number of carboxylic acids is 1. The zero-order valence-electron chi connectivity index (χ0n) is 34.7.